The third-order valence-electron chi connectivity index (χ3n) is 10.2. The van der Waals surface area contributed by atoms with Crippen molar-refractivity contribution < 1.29 is 24.5 Å². The molecule has 5 rings (SSSR count). The molecule has 1 aliphatic carbocycles. The topological polar surface area (TPSA) is 76.0 Å². The largest absolute Gasteiger partial charge is 0.507 e. The number of hydrogen-bond acceptors (Lipinski definition) is 5. The maximum atomic E-state index is 12.4. The summed E-state index contributed by atoms with van der Waals surface area (Å²) in [5.74, 6) is 2.03. The van der Waals surface area contributed by atoms with Crippen molar-refractivity contribution in [2.45, 2.75) is 131 Å². The van der Waals surface area contributed by atoms with Gasteiger partial charge in [-0.25, -0.2) is 0 Å². The van der Waals surface area contributed by atoms with Gasteiger partial charge < -0.3 is 19.7 Å². The lowest BCUT2D eigenvalue weighted by molar-refractivity contribution is 0.112. The Morgan fingerprint density at radius 1 is 0.500 bits per heavy atom. The van der Waals surface area contributed by atoms with Crippen LogP contribution in [0, 0.1) is 0 Å². The van der Waals surface area contributed by atoms with Crippen molar-refractivity contribution in [2.75, 3.05) is 13.2 Å². The molecule has 0 unspecified atom stereocenters. The van der Waals surface area contributed by atoms with Gasteiger partial charge in [-0.2, -0.15) is 0 Å². The highest BCUT2D eigenvalue weighted by Crippen LogP contribution is 2.43. The summed E-state index contributed by atoms with van der Waals surface area (Å²) in [5, 5.41) is 24.3. The van der Waals surface area contributed by atoms with Crippen LogP contribution in [0.3, 0.4) is 0 Å². The van der Waals surface area contributed by atoms with Gasteiger partial charge in [-0.3, -0.25) is 4.79 Å². The van der Waals surface area contributed by atoms with E-state index in [9.17, 15) is 15.0 Å². The Kier molecular flexibility index (Phi) is 11.2. The molecule has 0 saturated carbocycles. The van der Waals surface area contributed by atoms with Crippen LogP contribution < -0.4 is 9.47 Å². The van der Waals surface area contributed by atoms with Crippen LogP contribution in [0.1, 0.15) is 161 Å². The lowest BCUT2D eigenvalue weighted by atomic mass is 9.80. The molecule has 0 saturated heterocycles. The van der Waals surface area contributed by atoms with E-state index in [0.717, 1.165) is 80.7 Å². The van der Waals surface area contributed by atoms with Gasteiger partial charge in [0.1, 0.15) is 29.3 Å². The summed E-state index contributed by atoms with van der Waals surface area (Å²) >= 11 is 0. The summed E-state index contributed by atoms with van der Waals surface area (Å²) in [5.41, 5.74) is 10.4. The molecule has 4 aromatic carbocycles. The van der Waals surface area contributed by atoms with Crippen molar-refractivity contribution in [3.8, 4) is 23.0 Å². The fourth-order valence-electron chi connectivity index (χ4n) is 7.09. The highest BCUT2D eigenvalue weighted by atomic mass is 16.5. The number of carbonyl (C=O) groups is 1. The maximum Gasteiger partial charge on any atom is 0.150 e. The standard InChI is InChI=1S/C47H60O5/c1-12-14-51-43-34-18-30-16-29(28-48)17-31(41(30)49)19-35-25-40(47(9,10)11)27-37(44(35)52-15-13-2)21-33-23-38(45(3,4)5)22-32(42(33)50)20-36(43)26-39(24-34)46(6,7)8/h16-17,22-28,49-50H,12-15,18-21H2,1-11H3. The van der Waals surface area contributed by atoms with E-state index in [2.05, 4.69) is 113 Å². The van der Waals surface area contributed by atoms with Crippen LogP contribution in [0.15, 0.2) is 48.5 Å². The van der Waals surface area contributed by atoms with Gasteiger partial charge in [0.25, 0.3) is 0 Å². The first kappa shape index (κ1) is 39.0. The smallest absolute Gasteiger partial charge is 0.150 e. The zero-order valence-electron chi connectivity index (χ0n) is 33.5. The summed E-state index contributed by atoms with van der Waals surface area (Å²) in [6.07, 6.45) is 4.23. The van der Waals surface area contributed by atoms with Gasteiger partial charge in [0.05, 0.1) is 13.2 Å². The molecule has 8 bridgehead atoms. The Hall–Kier alpha value is -4.25. The third-order valence-corrected chi connectivity index (χ3v) is 10.2. The molecule has 2 N–H and O–H groups in total. The van der Waals surface area contributed by atoms with E-state index >= 15 is 0 Å². The van der Waals surface area contributed by atoms with E-state index < -0.39 is 0 Å². The normalized spacial score (nSPS) is 13.5. The summed E-state index contributed by atoms with van der Waals surface area (Å²) in [7, 11) is 0. The summed E-state index contributed by atoms with van der Waals surface area (Å²) in [6.45, 7) is 25.1. The van der Waals surface area contributed by atoms with Gasteiger partial charge in [0.2, 0.25) is 0 Å². The molecule has 1 aliphatic rings. The number of aldehydes is 1. The molecule has 0 amide bonds. The molecule has 0 radical (unpaired) electrons. The first-order valence-corrected chi connectivity index (χ1v) is 19.1. The lowest BCUT2D eigenvalue weighted by Crippen LogP contribution is -2.16. The zero-order chi connectivity index (χ0) is 38.2. The highest BCUT2D eigenvalue weighted by Gasteiger charge is 2.27. The van der Waals surface area contributed by atoms with Crippen molar-refractivity contribution >= 4 is 6.29 Å². The molecule has 52 heavy (non-hydrogen) atoms. The number of ether oxygens (including phenoxy) is 2. The maximum absolute atomic E-state index is 12.4. The molecule has 0 spiro atoms. The first-order valence-electron chi connectivity index (χ1n) is 19.1. The number of aromatic hydroxyl groups is 2. The predicted octanol–water partition coefficient (Wildman–Crippen LogP) is 11.1. The summed E-state index contributed by atoms with van der Waals surface area (Å²) in [4.78, 5) is 12.4. The summed E-state index contributed by atoms with van der Waals surface area (Å²) < 4.78 is 13.2. The molecular weight excluding hydrogens is 645 g/mol. The number of fused-ring (bicyclic) bond motifs is 8. The minimum atomic E-state index is -0.172. The number of benzene rings is 4. The Morgan fingerprint density at radius 3 is 1.02 bits per heavy atom. The Labute approximate surface area is 312 Å². The SMILES string of the molecule is CCCOc1c2cc(C(C)(C)C)cc1Cc1cc(C(C)(C)C)cc(c1O)Cc1cc(C(C)(C)C)cc(c1OCCC)Cc1cc(C=O)cc(c1O)C2. The molecule has 0 aromatic heterocycles. The van der Waals surface area contributed by atoms with Gasteiger partial charge in [-0.05, 0) is 102 Å². The number of phenolic OH excluding ortho intramolecular Hbond substituents is 2. The number of hydrogen-bond donors (Lipinski definition) is 2. The molecule has 0 fully saturated rings. The van der Waals surface area contributed by atoms with Crippen molar-refractivity contribution in [1.29, 1.82) is 0 Å². The molecule has 0 heterocycles. The molecule has 0 atom stereocenters. The number of phenols is 2. The Balaban J connectivity index is 1.92. The molecule has 4 aromatic rings. The van der Waals surface area contributed by atoms with E-state index in [1.165, 1.54) is 0 Å². The monoisotopic (exact) mass is 704 g/mol. The fourth-order valence-corrected chi connectivity index (χ4v) is 7.09. The van der Waals surface area contributed by atoms with Gasteiger partial charge in [0.15, 0.2) is 0 Å². The second-order valence-corrected chi connectivity index (χ2v) is 17.8. The van der Waals surface area contributed by atoms with Crippen LogP contribution in [0.2, 0.25) is 0 Å². The Bertz CT molecular complexity index is 1820. The molecule has 0 aliphatic heterocycles. The second-order valence-electron chi connectivity index (χ2n) is 17.8. The fraction of sp³-hybridized carbons (Fsp3) is 0.468. The Morgan fingerprint density at radius 2 is 0.769 bits per heavy atom. The van der Waals surface area contributed by atoms with Gasteiger partial charge in [0, 0.05) is 31.2 Å². The van der Waals surface area contributed by atoms with E-state index in [1.54, 1.807) is 12.1 Å². The second kappa shape index (κ2) is 15.0. The van der Waals surface area contributed by atoms with Gasteiger partial charge in [-0.15, -0.1) is 0 Å². The van der Waals surface area contributed by atoms with Gasteiger partial charge in [-0.1, -0.05) is 113 Å². The molecular formula is C47H60O5. The van der Waals surface area contributed by atoms with Crippen molar-refractivity contribution in [2.24, 2.45) is 0 Å². The van der Waals surface area contributed by atoms with Crippen molar-refractivity contribution in [3.63, 3.8) is 0 Å². The van der Waals surface area contributed by atoms with E-state index in [0.29, 0.717) is 61.3 Å². The quantitative estimate of drug-likeness (QED) is 0.165. The van der Waals surface area contributed by atoms with Crippen LogP contribution in [0.25, 0.3) is 0 Å². The number of carbonyl (C=O) groups excluding carboxylic acids is 1. The first-order chi connectivity index (χ1) is 24.3. The predicted molar refractivity (Wildman–Crippen MR) is 213 cm³/mol. The van der Waals surface area contributed by atoms with Crippen LogP contribution in [0.4, 0.5) is 0 Å². The lowest BCUT2D eigenvalue weighted by Gasteiger charge is -2.27. The highest BCUT2D eigenvalue weighted by molar-refractivity contribution is 5.77. The van der Waals surface area contributed by atoms with Crippen LogP contribution in [-0.4, -0.2) is 29.7 Å². The van der Waals surface area contributed by atoms with E-state index in [4.69, 9.17) is 9.47 Å². The van der Waals surface area contributed by atoms with Crippen molar-refractivity contribution in [1.82, 2.24) is 0 Å². The minimum absolute atomic E-state index is 0.158. The van der Waals surface area contributed by atoms with Crippen LogP contribution >= 0.6 is 0 Å². The van der Waals surface area contributed by atoms with Crippen molar-refractivity contribution in [3.05, 3.63) is 115 Å². The zero-order valence-corrected chi connectivity index (χ0v) is 33.5. The van der Waals surface area contributed by atoms with Crippen LogP contribution in [-0.2, 0) is 41.9 Å². The van der Waals surface area contributed by atoms with Gasteiger partial charge >= 0.3 is 0 Å². The summed E-state index contributed by atoms with van der Waals surface area (Å²) in [6, 6.07) is 16.8. The number of rotatable bonds is 7. The van der Waals surface area contributed by atoms with Crippen LogP contribution in [0.5, 0.6) is 23.0 Å². The minimum Gasteiger partial charge on any atom is -0.507 e. The molecule has 5 nitrogen and oxygen atoms in total. The molecule has 278 valence electrons. The molecule has 5 heteroatoms. The van der Waals surface area contributed by atoms with E-state index in [1.807, 2.05) is 0 Å². The average Bonchev–Trinajstić information content (AvgIpc) is 3.05. The third kappa shape index (κ3) is 8.51. The average molecular weight is 705 g/mol. The van der Waals surface area contributed by atoms with E-state index in [-0.39, 0.29) is 22.0 Å².